The maximum atomic E-state index is 11.6. The molecule has 35 heavy (non-hydrogen) atoms. The number of guanidine groups is 1. The number of nitrogens with zero attached hydrogens (tertiary/aromatic N) is 4. The largest absolute Gasteiger partial charge is 0.437 e. The van der Waals surface area contributed by atoms with E-state index in [2.05, 4.69) is 43.7 Å². The van der Waals surface area contributed by atoms with Crippen molar-refractivity contribution in [1.29, 1.82) is 0 Å². The van der Waals surface area contributed by atoms with Gasteiger partial charge in [-0.1, -0.05) is 12.6 Å². The molecule has 9 heteroatoms. The van der Waals surface area contributed by atoms with Gasteiger partial charge in [0.15, 0.2) is 0 Å². The number of nitrogens with two attached hydrogens (primary N) is 1. The number of hydrogen-bond donors (Lipinski definition) is 3. The van der Waals surface area contributed by atoms with Crippen LogP contribution in [0, 0.1) is 0 Å². The first-order chi connectivity index (χ1) is 17.0. The molecule has 9 nitrogen and oxygen atoms in total. The molecule has 1 amide bonds. The fourth-order valence-corrected chi connectivity index (χ4v) is 3.61. The van der Waals surface area contributed by atoms with Gasteiger partial charge in [0.05, 0.1) is 5.69 Å². The molecule has 1 saturated heterocycles. The number of piperazine rings is 1. The van der Waals surface area contributed by atoms with Crippen molar-refractivity contribution in [2.24, 2.45) is 15.7 Å². The van der Waals surface area contributed by atoms with Crippen LogP contribution in [-0.4, -0.2) is 60.9 Å². The van der Waals surface area contributed by atoms with Crippen LogP contribution in [-0.2, 0) is 4.79 Å². The number of carbonyl (C=O) groups excluding carboxylic acids is 1. The minimum atomic E-state index is -0.310. The van der Waals surface area contributed by atoms with Crippen LogP contribution in [0.5, 0.6) is 5.75 Å². The summed E-state index contributed by atoms with van der Waals surface area (Å²) in [6, 6.07) is 18.6. The van der Waals surface area contributed by atoms with Crippen molar-refractivity contribution in [3.8, 4) is 5.75 Å². The second-order valence-corrected chi connectivity index (χ2v) is 8.10. The molecule has 1 fully saturated rings. The lowest BCUT2D eigenvalue weighted by Gasteiger charge is -2.34. The molecular weight excluding hydrogens is 442 g/mol. The Morgan fingerprint density at radius 3 is 2.60 bits per heavy atom. The predicted octanol–water partition coefficient (Wildman–Crippen LogP) is 3.86. The Labute approximate surface area is 207 Å². The van der Waals surface area contributed by atoms with Crippen LogP contribution in [0.4, 0.5) is 17.1 Å². The van der Waals surface area contributed by atoms with E-state index in [1.807, 2.05) is 36.4 Å². The zero-order valence-electron chi connectivity index (χ0n) is 19.6. The van der Waals surface area contributed by atoms with Crippen molar-refractivity contribution < 1.29 is 12.4 Å². The second kappa shape index (κ2) is 11.2. The predicted molar refractivity (Wildman–Crippen MR) is 145 cm³/mol. The first-order valence-corrected chi connectivity index (χ1v) is 11.3. The molecule has 0 atom stereocenters. The van der Waals surface area contributed by atoms with Crippen LogP contribution in [0.3, 0.4) is 0 Å². The van der Waals surface area contributed by atoms with E-state index in [0.717, 1.165) is 31.9 Å². The van der Waals surface area contributed by atoms with Gasteiger partial charge in [0, 0.05) is 52.7 Å². The van der Waals surface area contributed by atoms with Gasteiger partial charge in [0.2, 0.25) is 17.8 Å². The van der Waals surface area contributed by atoms with E-state index in [-0.39, 0.29) is 20.6 Å². The maximum absolute atomic E-state index is 11.6. The first-order valence-electron chi connectivity index (χ1n) is 11.3. The molecule has 0 bridgehead atoms. The molecule has 0 radical (unpaired) electrons. The molecule has 2 heterocycles. The summed E-state index contributed by atoms with van der Waals surface area (Å²) >= 11 is 0. The molecule has 4 N–H and O–H groups in total. The second-order valence-electron chi connectivity index (χ2n) is 8.10. The highest BCUT2D eigenvalue weighted by Crippen LogP contribution is 2.22. The molecule has 3 aromatic rings. The number of amides is 1. The maximum Gasteiger partial charge on any atom is 0.247 e. The van der Waals surface area contributed by atoms with E-state index < -0.39 is 0 Å². The SMILES string of the molecule is C=CC(=O)Nc1cccc(O/C(=N/C(N)=Nc2ccc(N3CCN(C)CC3)cc2)c2ccc[nH]2)c1.[HH].[HH]. The number of anilines is 2. The van der Waals surface area contributed by atoms with Crippen LogP contribution in [0.1, 0.15) is 8.55 Å². The average molecular weight is 476 g/mol. The summed E-state index contributed by atoms with van der Waals surface area (Å²) in [5.41, 5.74) is 9.23. The number of nitrogens with one attached hydrogen (secondary N) is 2. The van der Waals surface area contributed by atoms with Crippen LogP contribution in [0.2, 0.25) is 0 Å². The zero-order valence-corrected chi connectivity index (χ0v) is 19.6. The van der Waals surface area contributed by atoms with E-state index in [1.54, 1.807) is 30.5 Å². The summed E-state index contributed by atoms with van der Waals surface area (Å²) in [6.45, 7) is 7.56. The van der Waals surface area contributed by atoms with E-state index in [9.17, 15) is 4.79 Å². The van der Waals surface area contributed by atoms with Crippen LogP contribution >= 0.6 is 0 Å². The van der Waals surface area contributed by atoms with E-state index >= 15 is 0 Å². The summed E-state index contributed by atoms with van der Waals surface area (Å²) in [4.78, 5) is 28.2. The van der Waals surface area contributed by atoms with Crippen LogP contribution in [0.15, 0.2) is 89.5 Å². The lowest BCUT2D eigenvalue weighted by atomic mass is 10.2. The van der Waals surface area contributed by atoms with Gasteiger partial charge in [-0.15, -0.1) is 0 Å². The highest BCUT2D eigenvalue weighted by atomic mass is 16.5. The molecule has 184 valence electrons. The quantitative estimate of drug-likeness (QED) is 0.285. The molecule has 0 saturated carbocycles. The molecule has 1 aliphatic rings. The Bertz CT molecular complexity index is 1220. The number of H-pyrrole nitrogens is 1. The van der Waals surface area contributed by atoms with E-state index in [0.29, 0.717) is 22.8 Å². The molecule has 1 aromatic heterocycles. The number of aromatic nitrogens is 1. The fraction of sp³-hybridized carbons (Fsp3) is 0.192. The molecule has 0 spiro atoms. The third-order valence-electron chi connectivity index (χ3n) is 5.51. The Balaban J connectivity index is 0.00000241. The molecule has 0 unspecified atom stereocenters. The molecular formula is C26H33N7O2. The standard InChI is InChI=1S/C26H29N7O2.2H2/c1-3-24(34)29-20-6-4-7-22(18-20)35-25(23-8-5-13-28-23)31-26(27)30-19-9-11-21(12-10-19)33-16-14-32(2)15-17-33;;/h3-13,18,28H,1,14-17H2,2H3,(H2,27,30)(H,29,34);2*1H/b31-25+;;. The van der Waals surface area contributed by atoms with Crippen LogP contribution < -0.4 is 20.7 Å². The number of likely N-dealkylation sites (N-methyl/N-ethyl adjacent to an activating group) is 1. The van der Waals surface area contributed by atoms with Gasteiger partial charge in [-0.3, -0.25) is 4.79 Å². The first kappa shape index (κ1) is 23.8. The monoisotopic (exact) mass is 475 g/mol. The average Bonchev–Trinajstić information content (AvgIpc) is 3.40. The highest BCUT2D eigenvalue weighted by Gasteiger charge is 2.14. The Hall–Kier alpha value is -4.37. The van der Waals surface area contributed by atoms with Gasteiger partial charge in [-0.25, -0.2) is 4.99 Å². The van der Waals surface area contributed by atoms with Crippen molar-refractivity contribution >= 4 is 34.8 Å². The smallest absolute Gasteiger partial charge is 0.247 e. The van der Waals surface area contributed by atoms with Crippen molar-refractivity contribution in [3.05, 3.63) is 85.2 Å². The number of carbonyl (C=O) groups is 1. The van der Waals surface area contributed by atoms with Gasteiger partial charge in [0.1, 0.15) is 11.4 Å². The number of hydrogen-bond acceptors (Lipinski definition) is 5. The van der Waals surface area contributed by atoms with Crippen LogP contribution in [0.25, 0.3) is 0 Å². The highest BCUT2D eigenvalue weighted by molar-refractivity contribution is 6.02. The fourth-order valence-electron chi connectivity index (χ4n) is 3.61. The molecule has 4 rings (SSSR count). The Morgan fingerprint density at radius 1 is 1.14 bits per heavy atom. The molecule has 0 aliphatic carbocycles. The molecule has 1 aliphatic heterocycles. The minimum Gasteiger partial charge on any atom is -0.437 e. The summed E-state index contributed by atoms with van der Waals surface area (Å²) in [6.07, 6.45) is 2.97. The Morgan fingerprint density at radius 2 is 1.91 bits per heavy atom. The molecule has 2 aromatic carbocycles. The third kappa shape index (κ3) is 6.58. The lowest BCUT2D eigenvalue weighted by Crippen LogP contribution is -2.44. The number of aliphatic imine (C=N–C) groups is 2. The minimum absolute atomic E-state index is 0. The summed E-state index contributed by atoms with van der Waals surface area (Å²) in [7, 11) is 2.14. The summed E-state index contributed by atoms with van der Waals surface area (Å²) in [5.74, 6) is 0.468. The van der Waals surface area contributed by atoms with Crippen molar-refractivity contribution in [2.75, 3.05) is 43.4 Å². The third-order valence-corrected chi connectivity index (χ3v) is 5.51. The van der Waals surface area contributed by atoms with E-state index in [1.165, 1.54) is 6.08 Å². The number of ether oxygens (including phenoxy) is 1. The van der Waals surface area contributed by atoms with Gasteiger partial charge < -0.3 is 30.6 Å². The van der Waals surface area contributed by atoms with E-state index in [4.69, 9.17) is 10.5 Å². The van der Waals surface area contributed by atoms with Crippen molar-refractivity contribution in [3.63, 3.8) is 0 Å². The van der Waals surface area contributed by atoms with Crippen molar-refractivity contribution in [1.82, 2.24) is 9.88 Å². The summed E-state index contributed by atoms with van der Waals surface area (Å²) < 4.78 is 6.00. The number of aromatic amines is 1. The normalized spacial score (nSPS) is 15.1. The Kier molecular flexibility index (Phi) is 7.59. The zero-order chi connectivity index (χ0) is 24.6. The number of benzene rings is 2. The van der Waals surface area contributed by atoms with Gasteiger partial charge in [0.25, 0.3) is 0 Å². The summed E-state index contributed by atoms with van der Waals surface area (Å²) in [5, 5.41) is 2.70. The topological polar surface area (TPSA) is 111 Å². The van der Waals surface area contributed by atoms with Gasteiger partial charge >= 0.3 is 0 Å². The van der Waals surface area contributed by atoms with Gasteiger partial charge in [-0.05, 0) is 61.7 Å². The number of rotatable bonds is 6. The lowest BCUT2D eigenvalue weighted by molar-refractivity contribution is -0.111. The van der Waals surface area contributed by atoms with Crippen molar-refractivity contribution in [2.45, 2.75) is 0 Å². The van der Waals surface area contributed by atoms with Gasteiger partial charge in [-0.2, -0.15) is 4.99 Å².